The van der Waals surface area contributed by atoms with E-state index in [9.17, 15) is 25.2 Å². The molecule has 6 atom stereocenters. The Hall–Kier alpha value is -2.11. The predicted molar refractivity (Wildman–Crippen MR) is 224 cm³/mol. The Morgan fingerprint density at radius 3 is 1.69 bits per heavy atom. The normalized spacial score (nSPS) is 21.3. The molecule has 9 nitrogen and oxygen atoms in total. The van der Waals surface area contributed by atoms with Crippen molar-refractivity contribution in [3.8, 4) is 0 Å². The largest absolute Gasteiger partial charge is 0.457 e. The van der Waals surface area contributed by atoms with Crippen LogP contribution in [0.1, 0.15) is 162 Å². The summed E-state index contributed by atoms with van der Waals surface area (Å²) in [4.78, 5) is 12.8. The van der Waals surface area contributed by atoms with Crippen LogP contribution in [0.2, 0.25) is 0 Å². The Morgan fingerprint density at radius 1 is 0.600 bits per heavy atom. The van der Waals surface area contributed by atoms with Crippen LogP contribution in [0.25, 0.3) is 0 Å². The quantitative estimate of drug-likeness (QED) is 0.0279. The lowest BCUT2D eigenvalue weighted by atomic mass is 9.99. The Balaban J connectivity index is 2.31. The van der Waals surface area contributed by atoms with Crippen molar-refractivity contribution in [1.29, 1.82) is 0 Å². The highest BCUT2D eigenvalue weighted by molar-refractivity contribution is 5.69. The molecule has 0 aromatic rings. The number of esters is 1. The summed E-state index contributed by atoms with van der Waals surface area (Å²) in [5.41, 5.74) is 0. The average Bonchev–Trinajstić information content (AvgIpc) is 3.18. The Kier molecular flexibility index (Phi) is 34.7. The molecule has 0 amide bonds. The molecule has 0 aromatic carbocycles. The zero-order valence-corrected chi connectivity index (χ0v) is 34.7. The number of hydrogen-bond acceptors (Lipinski definition) is 9. The summed E-state index contributed by atoms with van der Waals surface area (Å²) in [7, 11) is 0. The SMILES string of the molecule is CC/C=C\C/C=C\C/C=C\C/C=C\CCCOCC(COC1OC(CO)C(O)C(O)C1O)OC(=O)CCCCCCCCC/C=C\CCCCCCCCC. The van der Waals surface area contributed by atoms with E-state index in [4.69, 9.17) is 18.9 Å². The number of rotatable bonds is 36. The molecular formula is C46H80O9. The van der Waals surface area contributed by atoms with Gasteiger partial charge in [-0.15, -0.1) is 0 Å². The lowest BCUT2D eigenvalue weighted by molar-refractivity contribution is -0.305. The molecule has 1 aliphatic heterocycles. The van der Waals surface area contributed by atoms with Crippen molar-refractivity contribution in [2.24, 2.45) is 0 Å². The highest BCUT2D eigenvalue weighted by Gasteiger charge is 2.44. The summed E-state index contributed by atoms with van der Waals surface area (Å²) < 4.78 is 22.7. The van der Waals surface area contributed by atoms with Gasteiger partial charge >= 0.3 is 5.97 Å². The van der Waals surface area contributed by atoms with E-state index in [1.165, 1.54) is 83.5 Å². The first kappa shape index (κ1) is 50.9. The second kappa shape index (κ2) is 37.5. The Labute approximate surface area is 335 Å². The van der Waals surface area contributed by atoms with Crippen LogP contribution in [0.4, 0.5) is 0 Å². The fourth-order valence-electron chi connectivity index (χ4n) is 6.25. The lowest BCUT2D eigenvalue weighted by Gasteiger charge is -2.39. The van der Waals surface area contributed by atoms with Crippen molar-refractivity contribution in [2.75, 3.05) is 26.4 Å². The topological polar surface area (TPSA) is 135 Å². The van der Waals surface area contributed by atoms with Crippen LogP contribution < -0.4 is 0 Å². The minimum Gasteiger partial charge on any atom is -0.457 e. The van der Waals surface area contributed by atoms with Crippen LogP contribution in [-0.4, -0.2) is 89.6 Å². The Bertz CT molecular complexity index is 1020. The maximum atomic E-state index is 12.8. The van der Waals surface area contributed by atoms with Gasteiger partial charge in [0.1, 0.15) is 30.5 Å². The van der Waals surface area contributed by atoms with Crippen LogP contribution in [0.3, 0.4) is 0 Å². The number of hydrogen-bond donors (Lipinski definition) is 4. The molecule has 0 spiro atoms. The molecule has 0 radical (unpaired) electrons. The molecular weight excluding hydrogens is 696 g/mol. The standard InChI is InChI=1S/C46H80O9/c1-3-5-7-9-11-13-15-17-19-20-21-22-23-25-27-29-31-33-35-42(48)54-40(39-53-46-45(51)44(50)43(49)41(37-47)55-46)38-52-36-34-32-30-28-26-24-18-16-14-12-10-8-6-4-2/h6,8,12,14,18-20,24,28,30,40-41,43-47,49-51H,3-5,7,9-11,13,15-17,21-23,25-27,29,31-39H2,1-2H3/b8-6-,14-12-,20-19-,24-18-,30-28-. The third kappa shape index (κ3) is 28.9. The van der Waals surface area contributed by atoms with E-state index in [0.29, 0.717) is 13.0 Å². The van der Waals surface area contributed by atoms with Gasteiger partial charge in [-0.05, 0) is 70.6 Å². The van der Waals surface area contributed by atoms with E-state index >= 15 is 0 Å². The maximum absolute atomic E-state index is 12.8. The van der Waals surface area contributed by atoms with Gasteiger partial charge in [0.05, 0.1) is 19.8 Å². The van der Waals surface area contributed by atoms with Crippen molar-refractivity contribution < 1.29 is 44.2 Å². The molecule has 0 aliphatic carbocycles. The van der Waals surface area contributed by atoms with Crippen molar-refractivity contribution in [3.05, 3.63) is 60.8 Å². The molecule has 0 bridgehead atoms. The number of allylic oxidation sites excluding steroid dienone is 10. The van der Waals surface area contributed by atoms with Crippen molar-refractivity contribution in [3.63, 3.8) is 0 Å². The van der Waals surface area contributed by atoms with Crippen molar-refractivity contribution in [1.82, 2.24) is 0 Å². The van der Waals surface area contributed by atoms with Gasteiger partial charge in [-0.1, -0.05) is 145 Å². The Morgan fingerprint density at radius 2 is 1.11 bits per heavy atom. The lowest BCUT2D eigenvalue weighted by Crippen LogP contribution is -2.59. The van der Waals surface area contributed by atoms with Crippen LogP contribution in [0.5, 0.6) is 0 Å². The number of aliphatic hydroxyl groups is 4. The molecule has 0 saturated carbocycles. The zero-order chi connectivity index (χ0) is 40.0. The van der Waals surface area contributed by atoms with Gasteiger partial charge < -0.3 is 39.4 Å². The molecule has 9 heteroatoms. The molecule has 1 aliphatic rings. The molecule has 1 fully saturated rings. The number of aliphatic hydroxyl groups excluding tert-OH is 4. The summed E-state index contributed by atoms with van der Waals surface area (Å²) in [6, 6.07) is 0. The predicted octanol–water partition coefficient (Wildman–Crippen LogP) is 9.52. The van der Waals surface area contributed by atoms with E-state index in [-0.39, 0.29) is 19.2 Å². The zero-order valence-electron chi connectivity index (χ0n) is 34.7. The van der Waals surface area contributed by atoms with Gasteiger partial charge in [0.2, 0.25) is 0 Å². The molecule has 6 unspecified atom stereocenters. The van der Waals surface area contributed by atoms with Gasteiger partial charge in [-0.25, -0.2) is 0 Å². The first-order chi connectivity index (χ1) is 26.9. The third-order valence-electron chi connectivity index (χ3n) is 9.67. The van der Waals surface area contributed by atoms with Crippen LogP contribution >= 0.6 is 0 Å². The maximum Gasteiger partial charge on any atom is 0.306 e. The second-order valence-corrected chi connectivity index (χ2v) is 14.8. The van der Waals surface area contributed by atoms with Crippen LogP contribution in [0, 0.1) is 0 Å². The fraction of sp³-hybridized carbons (Fsp3) is 0.761. The van der Waals surface area contributed by atoms with Gasteiger partial charge in [-0.3, -0.25) is 4.79 Å². The van der Waals surface area contributed by atoms with Gasteiger partial charge in [0.25, 0.3) is 0 Å². The van der Waals surface area contributed by atoms with Crippen molar-refractivity contribution in [2.45, 2.75) is 198 Å². The summed E-state index contributed by atoms with van der Waals surface area (Å²) in [6.45, 7) is 4.28. The van der Waals surface area contributed by atoms with E-state index in [1.54, 1.807) is 0 Å². The summed E-state index contributed by atoms with van der Waals surface area (Å²) in [5, 5.41) is 40.1. The molecule has 1 rings (SSSR count). The monoisotopic (exact) mass is 777 g/mol. The number of ether oxygens (including phenoxy) is 4. The molecule has 318 valence electrons. The van der Waals surface area contributed by atoms with E-state index in [1.807, 2.05) is 0 Å². The van der Waals surface area contributed by atoms with Gasteiger partial charge in [0.15, 0.2) is 6.29 Å². The molecule has 1 saturated heterocycles. The minimum atomic E-state index is -1.55. The number of unbranched alkanes of at least 4 members (excludes halogenated alkanes) is 15. The third-order valence-corrected chi connectivity index (χ3v) is 9.67. The average molecular weight is 777 g/mol. The molecule has 55 heavy (non-hydrogen) atoms. The van der Waals surface area contributed by atoms with E-state index < -0.39 is 43.4 Å². The summed E-state index contributed by atoms with van der Waals surface area (Å²) in [6.07, 6.45) is 39.7. The molecule has 1 heterocycles. The summed E-state index contributed by atoms with van der Waals surface area (Å²) >= 11 is 0. The second-order valence-electron chi connectivity index (χ2n) is 14.8. The number of carbonyl (C=O) groups is 1. The van der Waals surface area contributed by atoms with Gasteiger partial charge in [-0.2, -0.15) is 0 Å². The first-order valence-corrected chi connectivity index (χ1v) is 21.9. The first-order valence-electron chi connectivity index (χ1n) is 21.9. The van der Waals surface area contributed by atoms with E-state index in [0.717, 1.165) is 57.8 Å². The van der Waals surface area contributed by atoms with Crippen LogP contribution in [0.15, 0.2) is 60.8 Å². The summed E-state index contributed by atoms with van der Waals surface area (Å²) in [5.74, 6) is -0.339. The molecule has 0 aromatic heterocycles. The highest BCUT2D eigenvalue weighted by Crippen LogP contribution is 2.22. The van der Waals surface area contributed by atoms with Crippen LogP contribution in [-0.2, 0) is 23.7 Å². The molecule has 4 N–H and O–H groups in total. The smallest absolute Gasteiger partial charge is 0.306 e. The van der Waals surface area contributed by atoms with E-state index in [2.05, 4.69) is 74.6 Å². The highest BCUT2D eigenvalue weighted by atomic mass is 16.7. The fourth-order valence-corrected chi connectivity index (χ4v) is 6.25. The minimum absolute atomic E-state index is 0.103. The van der Waals surface area contributed by atoms with Crippen molar-refractivity contribution >= 4 is 5.97 Å². The number of carbonyl (C=O) groups excluding carboxylic acids is 1. The van der Waals surface area contributed by atoms with Gasteiger partial charge in [0, 0.05) is 13.0 Å².